The van der Waals surface area contributed by atoms with Crippen LogP contribution in [0.4, 0.5) is 4.79 Å². The molecule has 1 atom stereocenters. The van der Waals surface area contributed by atoms with Crippen molar-refractivity contribution in [2.24, 2.45) is 0 Å². The van der Waals surface area contributed by atoms with Crippen molar-refractivity contribution in [3.63, 3.8) is 0 Å². The monoisotopic (exact) mass is 418 g/mol. The number of nitrogens with one attached hydrogen (secondary N) is 2. The summed E-state index contributed by atoms with van der Waals surface area (Å²) in [7, 11) is 1.30. The molecule has 1 aliphatic rings. The van der Waals surface area contributed by atoms with Gasteiger partial charge in [-0.05, 0) is 35.7 Å². The average molecular weight is 419 g/mol. The Morgan fingerprint density at radius 1 is 1.14 bits per heavy atom. The van der Waals surface area contributed by atoms with Gasteiger partial charge in [-0.15, -0.1) is 0 Å². The highest BCUT2D eigenvalue weighted by atomic mass is 35.5. The molecule has 1 heterocycles. The molecule has 1 unspecified atom stereocenters. The van der Waals surface area contributed by atoms with Crippen LogP contribution in [0.15, 0.2) is 42.5 Å². The topological polar surface area (TPSA) is 85.9 Å². The third-order valence-corrected chi connectivity index (χ3v) is 4.83. The number of carbonyl (C=O) groups is 2. The Hall–Kier alpha value is -2.93. The van der Waals surface area contributed by atoms with Crippen LogP contribution in [0, 0.1) is 0 Å². The van der Waals surface area contributed by atoms with E-state index in [1.165, 1.54) is 7.11 Å². The lowest BCUT2D eigenvalue weighted by molar-refractivity contribution is -0.141. The van der Waals surface area contributed by atoms with Gasteiger partial charge in [-0.3, -0.25) is 4.79 Å². The van der Waals surface area contributed by atoms with Crippen LogP contribution in [0.1, 0.15) is 23.6 Å². The number of amides is 2. The fraction of sp³-hybridized carbons (Fsp3) is 0.333. The van der Waals surface area contributed by atoms with Crippen LogP contribution in [-0.2, 0) is 16.0 Å². The van der Waals surface area contributed by atoms with E-state index >= 15 is 0 Å². The van der Waals surface area contributed by atoms with Gasteiger partial charge in [-0.1, -0.05) is 35.9 Å². The summed E-state index contributed by atoms with van der Waals surface area (Å²) in [4.78, 5) is 24.1. The zero-order chi connectivity index (χ0) is 20.6. The van der Waals surface area contributed by atoms with Gasteiger partial charge < -0.3 is 24.8 Å². The van der Waals surface area contributed by atoms with E-state index in [0.29, 0.717) is 36.8 Å². The molecule has 2 N–H and O–H groups in total. The van der Waals surface area contributed by atoms with Crippen LogP contribution in [-0.4, -0.2) is 38.9 Å². The minimum absolute atomic E-state index is 0.0180. The first-order valence-electron chi connectivity index (χ1n) is 9.31. The normalized spacial score (nSPS) is 13.3. The number of fused-ring (bicyclic) bond motifs is 1. The van der Waals surface area contributed by atoms with E-state index in [-0.39, 0.29) is 6.42 Å². The lowest BCUT2D eigenvalue weighted by Crippen LogP contribution is -2.39. The predicted molar refractivity (Wildman–Crippen MR) is 108 cm³/mol. The molecule has 1 aliphatic heterocycles. The van der Waals surface area contributed by atoms with Gasteiger partial charge in [0.1, 0.15) is 13.2 Å². The van der Waals surface area contributed by atoms with Gasteiger partial charge in [-0.2, -0.15) is 0 Å². The predicted octanol–water partition coefficient (Wildman–Crippen LogP) is 3.26. The number of halogens is 1. The zero-order valence-corrected chi connectivity index (χ0v) is 16.8. The molecule has 3 rings (SSSR count). The Kier molecular flexibility index (Phi) is 7.19. The van der Waals surface area contributed by atoms with Gasteiger partial charge in [-0.25, -0.2) is 4.79 Å². The highest BCUT2D eigenvalue weighted by Gasteiger charge is 2.21. The largest absolute Gasteiger partial charge is 0.486 e. The Morgan fingerprint density at radius 3 is 2.66 bits per heavy atom. The van der Waals surface area contributed by atoms with Crippen molar-refractivity contribution in [1.29, 1.82) is 0 Å². The second kappa shape index (κ2) is 10.0. The number of hydrogen-bond donors (Lipinski definition) is 2. The first kappa shape index (κ1) is 20.8. The molecule has 0 fully saturated rings. The lowest BCUT2D eigenvalue weighted by Gasteiger charge is -2.20. The van der Waals surface area contributed by atoms with Crippen LogP contribution in [0.3, 0.4) is 0 Å². The van der Waals surface area contributed by atoms with E-state index < -0.39 is 18.0 Å². The summed E-state index contributed by atoms with van der Waals surface area (Å²) >= 11 is 6.23. The third kappa shape index (κ3) is 5.77. The molecule has 0 spiro atoms. The van der Waals surface area contributed by atoms with E-state index in [4.69, 9.17) is 25.8 Å². The number of carbonyl (C=O) groups excluding carboxylic acids is 2. The maximum absolute atomic E-state index is 12.4. The van der Waals surface area contributed by atoms with E-state index in [1.54, 1.807) is 24.3 Å². The highest BCUT2D eigenvalue weighted by Crippen LogP contribution is 2.30. The van der Waals surface area contributed by atoms with Gasteiger partial charge >= 0.3 is 12.0 Å². The van der Waals surface area contributed by atoms with E-state index in [0.717, 1.165) is 17.1 Å². The van der Waals surface area contributed by atoms with Crippen LogP contribution >= 0.6 is 11.6 Å². The minimum Gasteiger partial charge on any atom is -0.486 e. The SMILES string of the molecule is COC(=O)CC(NC(=O)NCCc1ccc2c(c1)OCCO2)c1ccccc1Cl. The van der Waals surface area contributed by atoms with Crippen molar-refractivity contribution in [2.75, 3.05) is 26.9 Å². The number of ether oxygens (including phenoxy) is 3. The Bertz CT molecular complexity index is 874. The first-order valence-corrected chi connectivity index (χ1v) is 9.68. The molecule has 0 saturated heterocycles. The second-order valence-electron chi connectivity index (χ2n) is 6.48. The molecule has 7 nitrogen and oxygen atoms in total. The average Bonchev–Trinajstić information content (AvgIpc) is 2.73. The van der Waals surface area contributed by atoms with Crippen molar-refractivity contribution in [2.45, 2.75) is 18.9 Å². The van der Waals surface area contributed by atoms with Crippen LogP contribution < -0.4 is 20.1 Å². The second-order valence-corrected chi connectivity index (χ2v) is 6.89. The fourth-order valence-electron chi connectivity index (χ4n) is 3.02. The molecule has 8 heteroatoms. The lowest BCUT2D eigenvalue weighted by atomic mass is 10.0. The molecule has 29 heavy (non-hydrogen) atoms. The number of urea groups is 1. The fourth-order valence-corrected chi connectivity index (χ4v) is 3.29. The Labute approximate surface area is 174 Å². The highest BCUT2D eigenvalue weighted by molar-refractivity contribution is 6.31. The van der Waals surface area contributed by atoms with Crippen LogP contribution in [0.2, 0.25) is 5.02 Å². The van der Waals surface area contributed by atoms with Gasteiger partial charge in [0, 0.05) is 11.6 Å². The number of hydrogen-bond acceptors (Lipinski definition) is 5. The van der Waals surface area contributed by atoms with Crippen LogP contribution in [0.5, 0.6) is 11.5 Å². The molecule has 2 aromatic carbocycles. The van der Waals surface area contributed by atoms with Crippen molar-refractivity contribution >= 4 is 23.6 Å². The van der Waals surface area contributed by atoms with Crippen molar-refractivity contribution in [3.05, 3.63) is 58.6 Å². The molecule has 0 bridgehead atoms. The molecule has 0 saturated carbocycles. The minimum atomic E-state index is -0.592. The number of methoxy groups -OCH3 is 1. The molecule has 0 radical (unpaired) electrons. The van der Waals surface area contributed by atoms with Gasteiger partial charge in [0.2, 0.25) is 0 Å². The number of rotatable bonds is 7. The summed E-state index contributed by atoms with van der Waals surface area (Å²) in [5.74, 6) is 1.01. The summed E-state index contributed by atoms with van der Waals surface area (Å²) in [5, 5.41) is 6.07. The van der Waals surface area contributed by atoms with E-state index in [2.05, 4.69) is 10.6 Å². The third-order valence-electron chi connectivity index (χ3n) is 4.49. The van der Waals surface area contributed by atoms with Gasteiger partial charge in [0.05, 0.1) is 19.6 Å². The maximum Gasteiger partial charge on any atom is 0.315 e. The quantitative estimate of drug-likeness (QED) is 0.674. The summed E-state index contributed by atoms with van der Waals surface area (Å²) in [6, 6.07) is 11.8. The molecular formula is C21H23ClN2O5. The van der Waals surface area contributed by atoms with Gasteiger partial charge in [0.15, 0.2) is 11.5 Å². The number of esters is 1. The van der Waals surface area contributed by atoms with Crippen LogP contribution in [0.25, 0.3) is 0 Å². The van der Waals surface area contributed by atoms with E-state index in [1.807, 2.05) is 18.2 Å². The smallest absolute Gasteiger partial charge is 0.315 e. The Balaban J connectivity index is 1.56. The van der Waals surface area contributed by atoms with Crippen molar-refractivity contribution < 1.29 is 23.8 Å². The number of benzene rings is 2. The standard InChI is InChI=1S/C21H23ClN2O5/c1-27-20(25)13-17(15-4-2-3-5-16(15)22)24-21(26)23-9-8-14-6-7-18-19(12-14)29-11-10-28-18/h2-7,12,17H,8-11,13H2,1H3,(H2,23,24,26). The van der Waals surface area contributed by atoms with E-state index in [9.17, 15) is 9.59 Å². The molecule has 0 aromatic heterocycles. The van der Waals surface area contributed by atoms with Crippen molar-refractivity contribution in [3.8, 4) is 11.5 Å². The summed E-state index contributed by atoms with van der Waals surface area (Å²) in [6.45, 7) is 1.49. The molecule has 154 valence electrons. The molecule has 0 aliphatic carbocycles. The maximum atomic E-state index is 12.4. The molecule has 2 aromatic rings. The first-order chi connectivity index (χ1) is 14.1. The van der Waals surface area contributed by atoms with Crippen molar-refractivity contribution in [1.82, 2.24) is 10.6 Å². The Morgan fingerprint density at radius 2 is 1.90 bits per heavy atom. The summed E-state index contributed by atoms with van der Waals surface area (Å²) in [5.41, 5.74) is 1.67. The molecular weight excluding hydrogens is 396 g/mol. The van der Waals surface area contributed by atoms with Gasteiger partial charge in [0.25, 0.3) is 0 Å². The zero-order valence-electron chi connectivity index (χ0n) is 16.1. The summed E-state index contributed by atoms with van der Waals surface area (Å²) in [6.07, 6.45) is 0.605. The molecule has 2 amide bonds. The summed E-state index contributed by atoms with van der Waals surface area (Å²) < 4.78 is 15.8.